The summed E-state index contributed by atoms with van der Waals surface area (Å²) in [5.41, 5.74) is 1.15. The molecule has 4 nitrogen and oxygen atoms in total. The van der Waals surface area contributed by atoms with Crippen molar-refractivity contribution in [3.63, 3.8) is 0 Å². The number of halogens is 3. The fourth-order valence-corrected chi connectivity index (χ4v) is 3.87. The van der Waals surface area contributed by atoms with E-state index in [-0.39, 0.29) is 17.3 Å². The number of methoxy groups -OCH3 is 1. The molecule has 2 aromatic carbocycles. The minimum absolute atomic E-state index is 0.0652. The first kappa shape index (κ1) is 18.8. The molecule has 2 amide bonds. The van der Waals surface area contributed by atoms with Crippen LogP contribution in [0, 0.1) is 5.82 Å². The van der Waals surface area contributed by atoms with Gasteiger partial charge in [0.25, 0.3) is 11.1 Å². The molecule has 0 aromatic heterocycles. The number of carbonyl (C=O) groups is 2. The normalized spacial score (nSPS) is 15.8. The lowest BCUT2D eigenvalue weighted by Gasteiger charge is -2.12. The minimum Gasteiger partial charge on any atom is -0.495 e. The lowest BCUT2D eigenvalue weighted by Crippen LogP contribution is -2.27. The number of ether oxygens (including phenoxy) is 1. The first-order valence-electron chi connectivity index (χ1n) is 7.42. The van der Waals surface area contributed by atoms with Crippen LogP contribution in [0.1, 0.15) is 11.1 Å². The van der Waals surface area contributed by atoms with Gasteiger partial charge in [-0.2, -0.15) is 0 Å². The van der Waals surface area contributed by atoms with Gasteiger partial charge in [0.2, 0.25) is 0 Å². The lowest BCUT2D eigenvalue weighted by atomic mass is 10.1. The predicted molar refractivity (Wildman–Crippen MR) is 101 cm³/mol. The van der Waals surface area contributed by atoms with Crippen molar-refractivity contribution in [2.24, 2.45) is 0 Å². The number of imide groups is 1. The lowest BCUT2D eigenvalue weighted by molar-refractivity contribution is -0.123. The van der Waals surface area contributed by atoms with Crippen LogP contribution in [-0.2, 0) is 11.3 Å². The van der Waals surface area contributed by atoms with E-state index in [9.17, 15) is 14.0 Å². The molecule has 0 saturated carbocycles. The Labute approximate surface area is 163 Å². The highest BCUT2D eigenvalue weighted by Crippen LogP contribution is 2.38. The van der Waals surface area contributed by atoms with E-state index in [4.69, 9.17) is 27.9 Å². The van der Waals surface area contributed by atoms with Crippen LogP contribution in [0.3, 0.4) is 0 Å². The van der Waals surface area contributed by atoms with Crippen LogP contribution in [0.2, 0.25) is 10.0 Å². The van der Waals surface area contributed by atoms with Gasteiger partial charge in [-0.25, -0.2) is 4.39 Å². The summed E-state index contributed by atoms with van der Waals surface area (Å²) in [6, 6.07) is 8.75. The Morgan fingerprint density at radius 3 is 2.54 bits per heavy atom. The quantitative estimate of drug-likeness (QED) is 0.633. The van der Waals surface area contributed by atoms with Gasteiger partial charge in [-0.15, -0.1) is 0 Å². The van der Waals surface area contributed by atoms with E-state index in [0.717, 1.165) is 16.7 Å². The zero-order valence-electron chi connectivity index (χ0n) is 13.5. The summed E-state index contributed by atoms with van der Waals surface area (Å²) in [4.78, 5) is 26.1. The molecule has 0 bridgehead atoms. The van der Waals surface area contributed by atoms with Crippen molar-refractivity contribution in [3.8, 4) is 5.75 Å². The number of thioether (sulfide) groups is 1. The number of carbonyl (C=O) groups excluding carboxylic acids is 2. The molecule has 1 fully saturated rings. The van der Waals surface area contributed by atoms with Gasteiger partial charge in [-0.05, 0) is 47.7 Å². The number of hydrogen-bond donors (Lipinski definition) is 0. The van der Waals surface area contributed by atoms with E-state index in [1.54, 1.807) is 6.07 Å². The van der Waals surface area contributed by atoms with Crippen molar-refractivity contribution >= 4 is 52.2 Å². The Hall–Kier alpha value is -2.02. The van der Waals surface area contributed by atoms with Gasteiger partial charge < -0.3 is 4.74 Å². The Kier molecular flexibility index (Phi) is 5.55. The second-order valence-corrected chi connectivity index (χ2v) is 7.24. The maximum atomic E-state index is 13.0. The number of amides is 2. The molecule has 3 rings (SSSR count). The molecule has 1 aliphatic rings. The van der Waals surface area contributed by atoms with Gasteiger partial charge in [0.05, 0.1) is 23.6 Å². The summed E-state index contributed by atoms with van der Waals surface area (Å²) in [7, 11) is 1.45. The third-order valence-electron chi connectivity index (χ3n) is 3.66. The highest BCUT2D eigenvalue weighted by atomic mass is 35.5. The Morgan fingerprint density at radius 2 is 1.88 bits per heavy atom. The maximum Gasteiger partial charge on any atom is 0.293 e. The largest absolute Gasteiger partial charge is 0.495 e. The minimum atomic E-state index is -0.442. The van der Waals surface area contributed by atoms with Crippen molar-refractivity contribution in [2.75, 3.05) is 7.11 Å². The van der Waals surface area contributed by atoms with Crippen molar-refractivity contribution in [2.45, 2.75) is 6.54 Å². The third kappa shape index (κ3) is 3.87. The molecule has 8 heteroatoms. The molecular weight excluding hydrogens is 400 g/mol. The molecule has 0 aliphatic carbocycles. The summed E-state index contributed by atoms with van der Waals surface area (Å²) in [5, 5.41) is 0.280. The second kappa shape index (κ2) is 7.70. The van der Waals surface area contributed by atoms with Gasteiger partial charge in [0.15, 0.2) is 0 Å². The molecule has 1 heterocycles. The van der Waals surface area contributed by atoms with Gasteiger partial charge in [-0.1, -0.05) is 35.3 Å². The molecule has 0 spiro atoms. The molecule has 0 N–H and O–H groups in total. The summed E-state index contributed by atoms with van der Waals surface area (Å²) < 4.78 is 18.2. The van der Waals surface area contributed by atoms with Crippen LogP contribution in [0.5, 0.6) is 5.75 Å². The van der Waals surface area contributed by atoms with Crippen LogP contribution in [-0.4, -0.2) is 23.2 Å². The van der Waals surface area contributed by atoms with Gasteiger partial charge in [-0.3, -0.25) is 14.5 Å². The fourth-order valence-electron chi connectivity index (χ4n) is 2.45. The van der Waals surface area contributed by atoms with Crippen molar-refractivity contribution < 1.29 is 18.7 Å². The maximum absolute atomic E-state index is 13.0. The van der Waals surface area contributed by atoms with Gasteiger partial charge in [0, 0.05) is 10.6 Å². The van der Waals surface area contributed by atoms with E-state index in [1.807, 2.05) is 0 Å². The topological polar surface area (TPSA) is 46.6 Å². The van der Waals surface area contributed by atoms with Crippen LogP contribution in [0.4, 0.5) is 9.18 Å². The number of nitrogens with zero attached hydrogens (tertiary/aromatic N) is 1. The Balaban J connectivity index is 1.89. The number of benzene rings is 2. The van der Waals surface area contributed by atoms with Crippen molar-refractivity contribution in [3.05, 3.63) is 68.3 Å². The van der Waals surface area contributed by atoms with Crippen molar-refractivity contribution in [1.29, 1.82) is 0 Å². The van der Waals surface area contributed by atoms with E-state index >= 15 is 0 Å². The number of hydrogen-bond acceptors (Lipinski definition) is 4. The predicted octanol–water partition coefficient (Wildman–Crippen LogP) is 5.38. The van der Waals surface area contributed by atoms with Crippen LogP contribution in [0.25, 0.3) is 6.08 Å². The zero-order chi connectivity index (χ0) is 18.8. The third-order valence-corrected chi connectivity index (χ3v) is 5.06. The molecule has 1 saturated heterocycles. The van der Waals surface area contributed by atoms with Crippen LogP contribution >= 0.6 is 35.0 Å². The summed E-state index contributed by atoms with van der Waals surface area (Å²) in [6.07, 6.45) is 1.52. The monoisotopic (exact) mass is 411 g/mol. The molecule has 2 aromatic rings. The second-order valence-electron chi connectivity index (χ2n) is 5.40. The van der Waals surface area contributed by atoms with E-state index in [0.29, 0.717) is 26.9 Å². The average Bonchev–Trinajstić information content (AvgIpc) is 2.84. The molecule has 26 heavy (non-hydrogen) atoms. The standard InChI is InChI=1S/C18H12Cl2FNO3S/c1-25-16-11(6-12(19)8-14(16)20)7-15-17(23)22(18(24)26-15)9-10-2-4-13(21)5-3-10/h2-8H,9H2,1H3. The fraction of sp³-hybridized carbons (Fsp3) is 0.111. The SMILES string of the molecule is COc1c(Cl)cc(Cl)cc1C=C1SC(=O)N(Cc2ccc(F)cc2)C1=O. The zero-order valence-corrected chi connectivity index (χ0v) is 15.8. The van der Waals surface area contributed by atoms with E-state index < -0.39 is 11.1 Å². The van der Waals surface area contributed by atoms with Gasteiger partial charge >= 0.3 is 0 Å². The Bertz CT molecular complexity index is 915. The highest BCUT2D eigenvalue weighted by Gasteiger charge is 2.35. The first-order valence-corrected chi connectivity index (χ1v) is 8.99. The molecular formula is C18H12Cl2FNO3S. The summed E-state index contributed by atoms with van der Waals surface area (Å²) in [6.45, 7) is 0.0652. The van der Waals surface area contributed by atoms with Gasteiger partial charge in [0.1, 0.15) is 11.6 Å². The average molecular weight is 412 g/mol. The summed E-state index contributed by atoms with van der Waals surface area (Å²) >= 11 is 12.9. The van der Waals surface area contributed by atoms with E-state index in [2.05, 4.69) is 0 Å². The number of rotatable bonds is 4. The van der Waals surface area contributed by atoms with Crippen molar-refractivity contribution in [1.82, 2.24) is 4.90 Å². The molecule has 0 radical (unpaired) electrons. The van der Waals surface area contributed by atoms with Crippen LogP contribution in [0.15, 0.2) is 41.3 Å². The van der Waals surface area contributed by atoms with E-state index in [1.165, 1.54) is 43.5 Å². The molecule has 1 aliphatic heterocycles. The molecule has 0 atom stereocenters. The first-order chi connectivity index (χ1) is 12.4. The van der Waals surface area contributed by atoms with Crippen LogP contribution < -0.4 is 4.74 Å². The highest BCUT2D eigenvalue weighted by molar-refractivity contribution is 8.18. The Morgan fingerprint density at radius 1 is 1.19 bits per heavy atom. The summed E-state index contributed by atoms with van der Waals surface area (Å²) in [5.74, 6) is -0.461. The molecule has 0 unspecified atom stereocenters. The molecule has 134 valence electrons. The smallest absolute Gasteiger partial charge is 0.293 e.